The largest absolute Gasteiger partial charge is 0.399 e. The highest BCUT2D eigenvalue weighted by Crippen LogP contribution is 2.07. The molecule has 86 valence electrons. The lowest BCUT2D eigenvalue weighted by atomic mass is 10.1. The molecule has 0 aliphatic heterocycles. The third-order valence-corrected chi connectivity index (χ3v) is 2.44. The van der Waals surface area contributed by atoms with Gasteiger partial charge in [0.25, 0.3) is 0 Å². The van der Waals surface area contributed by atoms with Gasteiger partial charge in [-0.05, 0) is 24.1 Å². The molecule has 0 spiro atoms. The standard InChI is InChI=1S/C14H20N2/c1-3-9-16(10-4-2)11-8-13-6-5-7-14(15)12-13/h3-7,12H,1-2,8-11,15H2. The van der Waals surface area contributed by atoms with Crippen LogP contribution in [0.1, 0.15) is 5.56 Å². The highest BCUT2D eigenvalue weighted by Gasteiger charge is 2.01. The SMILES string of the molecule is C=CCN(CC=C)CCc1cccc(N)c1. The molecule has 1 rings (SSSR count). The van der Waals surface area contributed by atoms with E-state index in [9.17, 15) is 0 Å². The number of hydrogen-bond donors (Lipinski definition) is 1. The molecule has 0 fully saturated rings. The zero-order valence-electron chi connectivity index (χ0n) is 9.73. The lowest BCUT2D eigenvalue weighted by Crippen LogP contribution is -2.26. The summed E-state index contributed by atoms with van der Waals surface area (Å²) in [5.74, 6) is 0. The van der Waals surface area contributed by atoms with E-state index in [1.165, 1.54) is 5.56 Å². The van der Waals surface area contributed by atoms with Crippen molar-refractivity contribution in [1.82, 2.24) is 4.90 Å². The summed E-state index contributed by atoms with van der Waals surface area (Å²) in [4.78, 5) is 2.29. The third-order valence-electron chi connectivity index (χ3n) is 2.44. The van der Waals surface area contributed by atoms with Crippen LogP contribution >= 0.6 is 0 Å². The van der Waals surface area contributed by atoms with Crippen molar-refractivity contribution in [2.45, 2.75) is 6.42 Å². The Labute approximate surface area is 98.1 Å². The van der Waals surface area contributed by atoms with Gasteiger partial charge in [0, 0.05) is 25.3 Å². The highest BCUT2D eigenvalue weighted by atomic mass is 15.1. The number of nitrogens with two attached hydrogens (primary N) is 1. The van der Waals surface area contributed by atoms with Crippen molar-refractivity contribution in [3.8, 4) is 0 Å². The maximum absolute atomic E-state index is 5.74. The van der Waals surface area contributed by atoms with Crippen molar-refractivity contribution >= 4 is 5.69 Å². The number of anilines is 1. The lowest BCUT2D eigenvalue weighted by molar-refractivity contribution is 0.340. The minimum Gasteiger partial charge on any atom is -0.399 e. The first-order valence-corrected chi connectivity index (χ1v) is 5.55. The molecule has 2 N–H and O–H groups in total. The van der Waals surface area contributed by atoms with Crippen molar-refractivity contribution in [1.29, 1.82) is 0 Å². The van der Waals surface area contributed by atoms with Crippen LogP contribution in [0.15, 0.2) is 49.6 Å². The molecule has 2 nitrogen and oxygen atoms in total. The Morgan fingerprint density at radius 2 is 1.88 bits per heavy atom. The van der Waals surface area contributed by atoms with Crippen LogP contribution in [0.4, 0.5) is 5.69 Å². The van der Waals surface area contributed by atoms with Crippen LogP contribution < -0.4 is 5.73 Å². The van der Waals surface area contributed by atoms with Gasteiger partial charge in [0.1, 0.15) is 0 Å². The van der Waals surface area contributed by atoms with Crippen LogP contribution in [0, 0.1) is 0 Å². The summed E-state index contributed by atoms with van der Waals surface area (Å²) < 4.78 is 0. The molecule has 0 saturated heterocycles. The molecule has 0 amide bonds. The Morgan fingerprint density at radius 1 is 1.19 bits per heavy atom. The summed E-state index contributed by atoms with van der Waals surface area (Å²) in [6.45, 7) is 10.3. The van der Waals surface area contributed by atoms with Gasteiger partial charge in [-0.2, -0.15) is 0 Å². The first-order chi connectivity index (χ1) is 7.76. The maximum Gasteiger partial charge on any atom is 0.0316 e. The number of hydrogen-bond acceptors (Lipinski definition) is 2. The first kappa shape index (κ1) is 12.5. The quantitative estimate of drug-likeness (QED) is 0.560. The summed E-state index contributed by atoms with van der Waals surface area (Å²) in [5.41, 5.74) is 7.84. The minimum atomic E-state index is 0.830. The van der Waals surface area contributed by atoms with Gasteiger partial charge < -0.3 is 5.73 Å². The van der Waals surface area contributed by atoms with Crippen molar-refractivity contribution in [2.75, 3.05) is 25.4 Å². The number of nitrogen functional groups attached to an aromatic ring is 1. The molecule has 0 saturated carbocycles. The Bertz CT molecular complexity index is 334. The summed E-state index contributed by atoms with van der Waals surface area (Å²) in [6.07, 6.45) is 4.85. The zero-order chi connectivity index (χ0) is 11.8. The molecule has 0 radical (unpaired) electrons. The molecule has 1 aromatic carbocycles. The lowest BCUT2D eigenvalue weighted by Gasteiger charge is -2.18. The Morgan fingerprint density at radius 3 is 2.44 bits per heavy atom. The van der Waals surface area contributed by atoms with Crippen molar-refractivity contribution in [3.05, 3.63) is 55.1 Å². The fourth-order valence-corrected chi connectivity index (χ4v) is 1.66. The van der Waals surface area contributed by atoms with Gasteiger partial charge in [-0.3, -0.25) is 4.90 Å². The molecule has 0 heterocycles. The molecule has 16 heavy (non-hydrogen) atoms. The van der Waals surface area contributed by atoms with Crippen LogP contribution in [-0.2, 0) is 6.42 Å². The van der Waals surface area contributed by atoms with Gasteiger partial charge in [-0.25, -0.2) is 0 Å². The molecular weight excluding hydrogens is 196 g/mol. The molecule has 0 aliphatic rings. The topological polar surface area (TPSA) is 29.3 Å². The predicted molar refractivity (Wildman–Crippen MR) is 71.4 cm³/mol. The first-order valence-electron chi connectivity index (χ1n) is 5.55. The molecule has 0 bridgehead atoms. The third kappa shape index (κ3) is 4.32. The van der Waals surface area contributed by atoms with Gasteiger partial charge in [0.05, 0.1) is 0 Å². The van der Waals surface area contributed by atoms with Crippen molar-refractivity contribution < 1.29 is 0 Å². The number of nitrogens with zero attached hydrogens (tertiary/aromatic N) is 1. The van der Waals surface area contributed by atoms with E-state index in [2.05, 4.69) is 24.1 Å². The van der Waals surface area contributed by atoms with Gasteiger partial charge in [-0.1, -0.05) is 24.3 Å². The van der Waals surface area contributed by atoms with Gasteiger partial charge in [0.2, 0.25) is 0 Å². The summed E-state index contributed by atoms with van der Waals surface area (Å²) in [6, 6.07) is 8.04. The highest BCUT2D eigenvalue weighted by molar-refractivity contribution is 5.40. The van der Waals surface area contributed by atoms with Crippen molar-refractivity contribution in [3.63, 3.8) is 0 Å². The van der Waals surface area contributed by atoms with Crippen LogP contribution in [0.25, 0.3) is 0 Å². The molecule has 0 atom stereocenters. The second-order valence-corrected chi connectivity index (χ2v) is 3.83. The van der Waals surface area contributed by atoms with E-state index in [0.29, 0.717) is 0 Å². The van der Waals surface area contributed by atoms with Crippen LogP contribution in [0.2, 0.25) is 0 Å². The maximum atomic E-state index is 5.74. The van der Waals surface area contributed by atoms with Gasteiger partial charge in [-0.15, -0.1) is 13.2 Å². The average molecular weight is 216 g/mol. The second-order valence-electron chi connectivity index (χ2n) is 3.83. The Kier molecular flexibility index (Phi) is 5.37. The normalized spacial score (nSPS) is 10.3. The molecule has 0 aliphatic carbocycles. The fraction of sp³-hybridized carbons (Fsp3) is 0.286. The van der Waals surface area contributed by atoms with E-state index < -0.39 is 0 Å². The Hall–Kier alpha value is -1.54. The molecule has 1 aromatic rings. The Balaban J connectivity index is 2.47. The van der Waals surface area contributed by atoms with E-state index in [1.807, 2.05) is 30.4 Å². The molecule has 0 unspecified atom stereocenters. The van der Waals surface area contributed by atoms with Crippen molar-refractivity contribution in [2.24, 2.45) is 0 Å². The van der Waals surface area contributed by atoms with E-state index in [-0.39, 0.29) is 0 Å². The second kappa shape index (κ2) is 6.85. The van der Waals surface area contributed by atoms with Crippen LogP contribution in [0.5, 0.6) is 0 Å². The monoisotopic (exact) mass is 216 g/mol. The zero-order valence-corrected chi connectivity index (χ0v) is 9.73. The molecule has 0 aromatic heterocycles. The van der Waals surface area contributed by atoms with Gasteiger partial charge in [0.15, 0.2) is 0 Å². The molecular formula is C14H20N2. The number of rotatable bonds is 7. The van der Waals surface area contributed by atoms with E-state index in [0.717, 1.165) is 31.7 Å². The van der Waals surface area contributed by atoms with E-state index in [4.69, 9.17) is 5.73 Å². The summed E-state index contributed by atoms with van der Waals surface area (Å²) in [5, 5.41) is 0. The van der Waals surface area contributed by atoms with E-state index >= 15 is 0 Å². The smallest absolute Gasteiger partial charge is 0.0316 e. The summed E-state index contributed by atoms with van der Waals surface area (Å²) >= 11 is 0. The van der Waals surface area contributed by atoms with E-state index in [1.54, 1.807) is 0 Å². The molecule has 2 heteroatoms. The predicted octanol–water partition coefficient (Wildman–Crippen LogP) is 2.49. The van der Waals surface area contributed by atoms with Crippen LogP contribution in [-0.4, -0.2) is 24.5 Å². The minimum absolute atomic E-state index is 0.830. The fourth-order valence-electron chi connectivity index (χ4n) is 1.66. The number of benzene rings is 1. The average Bonchev–Trinajstić information content (AvgIpc) is 2.27. The summed E-state index contributed by atoms with van der Waals surface area (Å²) in [7, 11) is 0. The van der Waals surface area contributed by atoms with Gasteiger partial charge >= 0.3 is 0 Å². The van der Waals surface area contributed by atoms with Crippen LogP contribution in [0.3, 0.4) is 0 Å².